The van der Waals surface area contributed by atoms with Gasteiger partial charge >= 0.3 is 5.97 Å². The summed E-state index contributed by atoms with van der Waals surface area (Å²) in [5.41, 5.74) is 1.32. The maximum Gasteiger partial charge on any atom is 0.335 e. The van der Waals surface area contributed by atoms with Crippen LogP contribution in [0, 0.1) is 6.92 Å². The minimum Gasteiger partial charge on any atom is -0.478 e. The van der Waals surface area contributed by atoms with Crippen LogP contribution < -0.4 is 5.32 Å². The number of hydrogen-bond donors (Lipinski definition) is 2. The lowest BCUT2D eigenvalue weighted by Crippen LogP contribution is -2.26. The van der Waals surface area contributed by atoms with Crippen molar-refractivity contribution in [3.05, 3.63) is 52.9 Å². The number of amides is 1. The van der Waals surface area contributed by atoms with E-state index in [2.05, 4.69) is 10.5 Å². The monoisotopic (exact) mass is 274 g/mol. The first kappa shape index (κ1) is 13.8. The van der Waals surface area contributed by atoms with Gasteiger partial charge in [-0.25, -0.2) is 4.79 Å². The van der Waals surface area contributed by atoms with Crippen LogP contribution in [0.4, 0.5) is 0 Å². The highest BCUT2D eigenvalue weighted by Crippen LogP contribution is 2.09. The molecule has 1 aromatic carbocycles. The van der Waals surface area contributed by atoms with Gasteiger partial charge in [-0.2, -0.15) is 0 Å². The first-order chi connectivity index (χ1) is 9.59. The molecule has 0 fully saturated rings. The molecular weight excluding hydrogens is 260 g/mol. The van der Waals surface area contributed by atoms with Crippen molar-refractivity contribution in [2.75, 3.05) is 6.54 Å². The first-order valence-electron chi connectivity index (χ1n) is 6.10. The molecule has 1 amide bonds. The number of aryl methyl sites for hydroxylation is 1. The van der Waals surface area contributed by atoms with E-state index in [1.807, 2.05) is 0 Å². The Hall–Kier alpha value is -2.63. The van der Waals surface area contributed by atoms with Gasteiger partial charge in [0.05, 0.1) is 11.8 Å². The molecule has 0 spiro atoms. The van der Waals surface area contributed by atoms with Gasteiger partial charge in [-0.1, -0.05) is 23.4 Å². The molecule has 2 N–H and O–H groups in total. The average Bonchev–Trinajstić information content (AvgIpc) is 2.85. The SMILES string of the molecule is Cc1oncc1C(=O)NCCc1ccccc1C(=O)O. The number of carboxylic acids is 1. The maximum absolute atomic E-state index is 11.8. The van der Waals surface area contributed by atoms with Gasteiger partial charge in [-0.05, 0) is 25.0 Å². The zero-order valence-electron chi connectivity index (χ0n) is 10.9. The van der Waals surface area contributed by atoms with E-state index >= 15 is 0 Å². The largest absolute Gasteiger partial charge is 0.478 e. The van der Waals surface area contributed by atoms with E-state index in [0.29, 0.717) is 29.9 Å². The van der Waals surface area contributed by atoms with Gasteiger partial charge in [-0.15, -0.1) is 0 Å². The van der Waals surface area contributed by atoms with Crippen molar-refractivity contribution in [3.8, 4) is 0 Å². The van der Waals surface area contributed by atoms with E-state index in [-0.39, 0.29) is 11.5 Å². The van der Waals surface area contributed by atoms with E-state index in [9.17, 15) is 9.59 Å². The predicted octanol–water partition coefficient (Wildman–Crippen LogP) is 1.65. The number of rotatable bonds is 5. The predicted molar refractivity (Wildman–Crippen MR) is 70.7 cm³/mol. The topological polar surface area (TPSA) is 92.4 Å². The van der Waals surface area contributed by atoms with Crippen LogP contribution in [0.5, 0.6) is 0 Å². The van der Waals surface area contributed by atoms with Crippen LogP contribution in [0.25, 0.3) is 0 Å². The maximum atomic E-state index is 11.8. The van der Waals surface area contributed by atoms with Crippen molar-refractivity contribution in [1.82, 2.24) is 10.5 Å². The summed E-state index contributed by atoms with van der Waals surface area (Å²) in [6.07, 6.45) is 1.80. The van der Waals surface area contributed by atoms with E-state index in [1.165, 1.54) is 6.20 Å². The summed E-state index contributed by atoms with van der Waals surface area (Å²) in [6.45, 7) is 2.00. The van der Waals surface area contributed by atoms with Crippen LogP contribution in [0.1, 0.15) is 32.0 Å². The molecule has 0 aliphatic carbocycles. The number of nitrogens with zero attached hydrogens (tertiary/aromatic N) is 1. The van der Waals surface area contributed by atoms with Crippen molar-refractivity contribution in [2.45, 2.75) is 13.3 Å². The second-order valence-electron chi connectivity index (χ2n) is 4.26. The summed E-state index contributed by atoms with van der Waals surface area (Å²) in [7, 11) is 0. The molecular formula is C14H14N2O4. The molecule has 6 heteroatoms. The summed E-state index contributed by atoms with van der Waals surface area (Å²) >= 11 is 0. The molecule has 0 unspecified atom stereocenters. The van der Waals surface area contributed by atoms with Gasteiger partial charge in [0, 0.05) is 6.54 Å². The molecule has 1 heterocycles. The molecule has 0 aliphatic rings. The molecule has 0 bridgehead atoms. The van der Waals surface area contributed by atoms with Gasteiger partial charge in [-0.3, -0.25) is 4.79 Å². The fraction of sp³-hybridized carbons (Fsp3) is 0.214. The number of carboxylic acid groups (broad SMARTS) is 1. The molecule has 0 saturated carbocycles. The molecule has 1 aromatic heterocycles. The second-order valence-corrected chi connectivity index (χ2v) is 4.26. The molecule has 104 valence electrons. The van der Waals surface area contributed by atoms with E-state index in [4.69, 9.17) is 9.63 Å². The number of hydrogen-bond acceptors (Lipinski definition) is 4. The summed E-state index contributed by atoms with van der Waals surface area (Å²) in [6, 6.07) is 6.73. The highest BCUT2D eigenvalue weighted by atomic mass is 16.5. The summed E-state index contributed by atoms with van der Waals surface area (Å²) in [5.74, 6) is -0.799. The lowest BCUT2D eigenvalue weighted by atomic mass is 10.0. The van der Waals surface area contributed by atoms with Gasteiger partial charge in [0.1, 0.15) is 11.3 Å². The van der Waals surface area contributed by atoms with Crippen LogP contribution >= 0.6 is 0 Å². The zero-order valence-corrected chi connectivity index (χ0v) is 10.9. The Bertz CT molecular complexity index is 634. The molecule has 0 radical (unpaired) electrons. The van der Waals surface area contributed by atoms with Gasteiger partial charge in [0.15, 0.2) is 0 Å². The Kier molecular flexibility index (Phi) is 4.14. The number of aromatic nitrogens is 1. The number of carbonyl (C=O) groups excluding carboxylic acids is 1. The molecule has 0 aliphatic heterocycles. The average molecular weight is 274 g/mol. The number of carbonyl (C=O) groups is 2. The van der Waals surface area contributed by atoms with Crippen LogP contribution in [0.2, 0.25) is 0 Å². The Morgan fingerprint density at radius 2 is 2.05 bits per heavy atom. The Balaban J connectivity index is 1.95. The third kappa shape index (κ3) is 3.03. The lowest BCUT2D eigenvalue weighted by molar-refractivity contribution is 0.0695. The number of nitrogens with one attached hydrogen (secondary N) is 1. The molecule has 2 aromatic rings. The third-order valence-corrected chi connectivity index (χ3v) is 2.92. The van der Waals surface area contributed by atoms with Crippen molar-refractivity contribution < 1.29 is 19.2 Å². The van der Waals surface area contributed by atoms with Crippen molar-refractivity contribution in [3.63, 3.8) is 0 Å². The van der Waals surface area contributed by atoms with Crippen LogP contribution in [-0.4, -0.2) is 28.7 Å². The molecule has 20 heavy (non-hydrogen) atoms. The molecule has 0 atom stereocenters. The number of benzene rings is 1. The van der Waals surface area contributed by atoms with E-state index in [0.717, 1.165) is 0 Å². The van der Waals surface area contributed by atoms with Crippen LogP contribution in [0.3, 0.4) is 0 Å². The third-order valence-electron chi connectivity index (χ3n) is 2.92. The second kappa shape index (κ2) is 6.01. The van der Waals surface area contributed by atoms with Gasteiger partial charge in [0.25, 0.3) is 5.91 Å². The Labute approximate surface area is 115 Å². The summed E-state index contributed by atoms with van der Waals surface area (Å²) < 4.78 is 4.81. The lowest BCUT2D eigenvalue weighted by Gasteiger charge is -2.07. The van der Waals surface area contributed by atoms with Gasteiger partial charge in [0.2, 0.25) is 0 Å². The fourth-order valence-corrected chi connectivity index (χ4v) is 1.87. The minimum absolute atomic E-state index is 0.253. The van der Waals surface area contributed by atoms with E-state index in [1.54, 1.807) is 31.2 Å². The zero-order chi connectivity index (χ0) is 14.5. The molecule has 6 nitrogen and oxygen atoms in total. The number of aromatic carboxylic acids is 1. The summed E-state index contributed by atoms with van der Waals surface area (Å²) in [5, 5.41) is 15.3. The molecule has 2 rings (SSSR count). The van der Waals surface area contributed by atoms with Crippen molar-refractivity contribution in [2.24, 2.45) is 0 Å². The van der Waals surface area contributed by atoms with Crippen LogP contribution in [-0.2, 0) is 6.42 Å². The van der Waals surface area contributed by atoms with Crippen molar-refractivity contribution >= 4 is 11.9 Å². The quantitative estimate of drug-likeness (QED) is 0.864. The Morgan fingerprint density at radius 3 is 2.70 bits per heavy atom. The van der Waals surface area contributed by atoms with E-state index < -0.39 is 5.97 Å². The minimum atomic E-state index is -0.971. The summed E-state index contributed by atoms with van der Waals surface area (Å²) in [4.78, 5) is 22.9. The standard InChI is InChI=1S/C14H14N2O4/c1-9-12(8-16-20-9)13(17)15-7-6-10-4-2-3-5-11(10)14(18)19/h2-5,8H,6-7H2,1H3,(H,15,17)(H,18,19). The molecule has 0 saturated heterocycles. The first-order valence-corrected chi connectivity index (χ1v) is 6.10. The van der Waals surface area contributed by atoms with Gasteiger partial charge < -0.3 is 14.9 Å². The smallest absolute Gasteiger partial charge is 0.335 e. The normalized spacial score (nSPS) is 10.2. The van der Waals surface area contributed by atoms with Crippen LogP contribution in [0.15, 0.2) is 35.0 Å². The van der Waals surface area contributed by atoms with Crippen molar-refractivity contribution in [1.29, 1.82) is 0 Å². The fourth-order valence-electron chi connectivity index (χ4n) is 1.87. The highest BCUT2D eigenvalue weighted by molar-refractivity contribution is 5.94. The Morgan fingerprint density at radius 1 is 1.30 bits per heavy atom. The highest BCUT2D eigenvalue weighted by Gasteiger charge is 2.13.